The fraction of sp³-hybridized carbons (Fsp3) is 0.500. The molecule has 1 aliphatic heterocycles. The number of benzene rings is 1. The number of nitrogens with zero attached hydrogens (tertiary/aromatic N) is 3. The molecule has 2 aromatic rings. The van der Waals surface area contributed by atoms with Crippen molar-refractivity contribution in [1.29, 1.82) is 0 Å². The van der Waals surface area contributed by atoms with Gasteiger partial charge in [-0.05, 0) is 43.6 Å². The molecule has 2 heterocycles. The SMILES string of the molecule is CCCCCCOc1ccccc1C(=O)/C=N\n1c(C2CCCO2)n[nH]c1=S. The summed E-state index contributed by atoms with van der Waals surface area (Å²) in [7, 11) is 0. The Morgan fingerprint density at radius 1 is 1.43 bits per heavy atom. The number of carbonyl (C=O) groups excluding carboxylic acids is 1. The van der Waals surface area contributed by atoms with Crippen molar-refractivity contribution in [2.45, 2.75) is 51.6 Å². The van der Waals surface area contributed by atoms with Crippen LogP contribution in [0.3, 0.4) is 0 Å². The van der Waals surface area contributed by atoms with Crippen molar-refractivity contribution in [3.05, 3.63) is 40.4 Å². The van der Waals surface area contributed by atoms with Crippen LogP contribution in [0.2, 0.25) is 0 Å². The third-order valence-electron chi connectivity index (χ3n) is 4.59. The van der Waals surface area contributed by atoms with E-state index in [1.54, 1.807) is 6.07 Å². The van der Waals surface area contributed by atoms with Crippen molar-refractivity contribution in [1.82, 2.24) is 14.9 Å². The molecule has 28 heavy (non-hydrogen) atoms. The molecule has 1 fully saturated rings. The van der Waals surface area contributed by atoms with E-state index in [-0.39, 0.29) is 11.9 Å². The molecule has 0 spiro atoms. The number of carbonyl (C=O) groups is 1. The van der Waals surface area contributed by atoms with Gasteiger partial charge in [0.25, 0.3) is 0 Å². The van der Waals surface area contributed by atoms with Crippen LogP contribution in [0.4, 0.5) is 0 Å². The summed E-state index contributed by atoms with van der Waals surface area (Å²) < 4.78 is 13.3. The van der Waals surface area contributed by atoms with E-state index in [9.17, 15) is 4.79 Å². The monoisotopic (exact) mass is 402 g/mol. The zero-order chi connectivity index (χ0) is 19.8. The number of aromatic nitrogens is 3. The van der Waals surface area contributed by atoms with Crippen LogP contribution in [-0.4, -0.2) is 40.1 Å². The fourth-order valence-corrected chi connectivity index (χ4v) is 3.28. The Balaban J connectivity index is 1.70. The summed E-state index contributed by atoms with van der Waals surface area (Å²) in [4.78, 5) is 12.7. The lowest BCUT2D eigenvalue weighted by atomic mass is 10.1. The van der Waals surface area contributed by atoms with Crippen molar-refractivity contribution in [3.8, 4) is 5.75 Å². The second-order valence-electron chi connectivity index (χ2n) is 6.71. The molecule has 0 aliphatic carbocycles. The number of hydrogen-bond donors (Lipinski definition) is 1. The van der Waals surface area contributed by atoms with Crippen LogP contribution >= 0.6 is 12.2 Å². The van der Waals surface area contributed by atoms with E-state index >= 15 is 0 Å². The van der Waals surface area contributed by atoms with Gasteiger partial charge in [-0.1, -0.05) is 38.3 Å². The number of hydrogen-bond acceptors (Lipinski definition) is 6. The molecule has 1 unspecified atom stereocenters. The summed E-state index contributed by atoms with van der Waals surface area (Å²) >= 11 is 5.23. The Hall–Kier alpha value is -2.32. The van der Waals surface area contributed by atoms with E-state index in [0.29, 0.717) is 35.1 Å². The molecule has 1 aromatic carbocycles. The average molecular weight is 403 g/mol. The lowest BCUT2D eigenvalue weighted by Crippen LogP contribution is -2.09. The first-order valence-corrected chi connectivity index (χ1v) is 10.2. The molecule has 0 saturated carbocycles. The molecule has 1 atom stereocenters. The quantitative estimate of drug-likeness (QED) is 0.274. The lowest BCUT2D eigenvalue weighted by molar-refractivity contribution is 0.102. The van der Waals surface area contributed by atoms with Gasteiger partial charge in [-0.15, -0.1) is 0 Å². The molecule has 3 rings (SSSR count). The van der Waals surface area contributed by atoms with E-state index in [4.69, 9.17) is 21.7 Å². The first kappa shape index (κ1) is 20.4. The van der Waals surface area contributed by atoms with Crippen molar-refractivity contribution in [2.75, 3.05) is 13.2 Å². The third-order valence-corrected chi connectivity index (χ3v) is 4.86. The molecule has 0 bridgehead atoms. The largest absolute Gasteiger partial charge is 0.493 e. The van der Waals surface area contributed by atoms with E-state index in [1.807, 2.05) is 18.2 Å². The average Bonchev–Trinajstić information content (AvgIpc) is 3.36. The van der Waals surface area contributed by atoms with Gasteiger partial charge in [0.05, 0.1) is 18.4 Å². The number of ketones is 1. The molecular weight excluding hydrogens is 376 g/mol. The number of rotatable bonds is 10. The Kier molecular flexibility index (Phi) is 7.50. The second kappa shape index (κ2) is 10.3. The molecule has 1 aliphatic rings. The van der Waals surface area contributed by atoms with Crippen molar-refractivity contribution in [3.63, 3.8) is 0 Å². The van der Waals surface area contributed by atoms with Gasteiger partial charge in [-0.3, -0.25) is 9.89 Å². The Bertz CT molecular complexity index is 868. The number of Topliss-reactive ketones (excluding diaryl/α,β-unsaturated/α-hetero) is 1. The highest BCUT2D eigenvalue weighted by Crippen LogP contribution is 2.27. The number of unbranched alkanes of at least 4 members (excludes halogenated alkanes) is 3. The van der Waals surface area contributed by atoms with Gasteiger partial charge in [0.15, 0.2) is 5.82 Å². The van der Waals surface area contributed by atoms with Crippen molar-refractivity contribution >= 4 is 24.2 Å². The summed E-state index contributed by atoms with van der Waals surface area (Å²) in [6.45, 7) is 3.46. The van der Waals surface area contributed by atoms with Crippen LogP contribution in [0.25, 0.3) is 0 Å². The third kappa shape index (κ3) is 5.14. The van der Waals surface area contributed by atoms with E-state index in [0.717, 1.165) is 25.7 Å². The topological polar surface area (TPSA) is 81.5 Å². The summed E-state index contributed by atoms with van der Waals surface area (Å²) in [6, 6.07) is 7.22. The Labute approximate surface area is 169 Å². The van der Waals surface area contributed by atoms with E-state index in [1.165, 1.54) is 23.7 Å². The fourth-order valence-electron chi connectivity index (χ4n) is 3.09. The van der Waals surface area contributed by atoms with Gasteiger partial charge >= 0.3 is 0 Å². The first-order valence-electron chi connectivity index (χ1n) is 9.80. The maximum atomic E-state index is 12.7. The summed E-state index contributed by atoms with van der Waals surface area (Å²) in [5.41, 5.74) is 0.482. The minimum absolute atomic E-state index is 0.154. The zero-order valence-corrected chi connectivity index (χ0v) is 16.9. The molecule has 1 aromatic heterocycles. The summed E-state index contributed by atoms with van der Waals surface area (Å²) in [5, 5.41) is 11.2. The van der Waals surface area contributed by atoms with Gasteiger partial charge in [0, 0.05) is 6.61 Å². The molecule has 0 radical (unpaired) electrons. The molecule has 0 amide bonds. The minimum atomic E-state index is -0.245. The number of H-pyrrole nitrogens is 1. The Morgan fingerprint density at radius 2 is 2.29 bits per heavy atom. The number of nitrogens with one attached hydrogen (secondary N) is 1. The predicted octanol–water partition coefficient (Wildman–Crippen LogP) is 4.47. The Morgan fingerprint density at radius 3 is 3.07 bits per heavy atom. The smallest absolute Gasteiger partial charge is 0.216 e. The van der Waals surface area contributed by atoms with Crippen LogP contribution in [-0.2, 0) is 4.74 Å². The highest BCUT2D eigenvalue weighted by atomic mass is 32.1. The van der Waals surface area contributed by atoms with Gasteiger partial charge < -0.3 is 9.47 Å². The number of para-hydroxylation sites is 1. The van der Waals surface area contributed by atoms with Gasteiger partial charge in [0.2, 0.25) is 10.6 Å². The number of aromatic amines is 1. The standard InChI is InChI=1S/C20H26N4O3S/c1-2-3-4-7-12-26-17-10-6-5-9-15(17)16(25)14-21-24-19(22-23-20(24)28)18-11-8-13-27-18/h5-6,9-10,14,18H,2-4,7-8,11-13H2,1H3,(H,23,28)/b21-14-. The van der Waals surface area contributed by atoms with Crippen LogP contribution in [0.1, 0.15) is 67.7 Å². The van der Waals surface area contributed by atoms with Crippen molar-refractivity contribution in [2.24, 2.45) is 5.10 Å². The van der Waals surface area contributed by atoms with Crippen molar-refractivity contribution < 1.29 is 14.3 Å². The molecular formula is C20H26N4O3S. The summed E-state index contributed by atoms with van der Waals surface area (Å²) in [6.07, 6.45) is 7.39. The minimum Gasteiger partial charge on any atom is -0.493 e. The lowest BCUT2D eigenvalue weighted by Gasteiger charge is -2.09. The van der Waals surface area contributed by atoms with Crippen LogP contribution in [0.15, 0.2) is 29.4 Å². The molecule has 1 N–H and O–H groups in total. The van der Waals surface area contributed by atoms with Gasteiger partial charge in [0.1, 0.15) is 11.9 Å². The first-order chi connectivity index (χ1) is 13.7. The predicted molar refractivity (Wildman–Crippen MR) is 110 cm³/mol. The highest BCUT2D eigenvalue weighted by molar-refractivity contribution is 7.71. The van der Waals surface area contributed by atoms with Gasteiger partial charge in [-0.2, -0.15) is 14.9 Å². The van der Waals surface area contributed by atoms with Gasteiger partial charge in [-0.25, -0.2) is 0 Å². The molecule has 8 heteroatoms. The highest BCUT2D eigenvalue weighted by Gasteiger charge is 2.23. The molecule has 150 valence electrons. The van der Waals surface area contributed by atoms with Crippen LogP contribution in [0.5, 0.6) is 5.75 Å². The molecule has 1 saturated heterocycles. The van der Waals surface area contributed by atoms with E-state index < -0.39 is 0 Å². The maximum absolute atomic E-state index is 12.7. The zero-order valence-electron chi connectivity index (χ0n) is 16.1. The summed E-state index contributed by atoms with van der Waals surface area (Å²) in [5.74, 6) is 0.920. The van der Waals surface area contributed by atoms with Crippen LogP contribution < -0.4 is 4.74 Å². The maximum Gasteiger partial charge on any atom is 0.216 e. The second-order valence-corrected chi connectivity index (χ2v) is 7.10. The molecule has 7 nitrogen and oxygen atoms in total. The number of ether oxygens (including phenoxy) is 2. The van der Waals surface area contributed by atoms with E-state index in [2.05, 4.69) is 22.2 Å². The normalized spacial score (nSPS) is 16.7. The van der Waals surface area contributed by atoms with Crippen LogP contribution in [0, 0.1) is 4.77 Å².